The molecule has 0 spiro atoms. The van der Waals surface area contributed by atoms with Crippen LogP contribution in [-0.2, 0) is 19.4 Å². The average Bonchev–Trinajstić information content (AvgIpc) is 3.47. The van der Waals surface area contributed by atoms with Crippen LogP contribution in [0.1, 0.15) is 51.2 Å². The van der Waals surface area contributed by atoms with E-state index in [2.05, 4.69) is 17.1 Å². The van der Waals surface area contributed by atoms with Gasteiger partial charge in [0.25, 0.3) is 5.56 Å². The summed E-state index contributed by atoms with van der Waals surface area (Å²) in [5.74, 6) is 1.72. The number of nitrogens with one attached hydrogen (secondary N) is 1. The number of aliphatic hydroxyl groups is 1. The fraction of sp³-hybridized carbons (Fsp3) is 0.294. The number of aromatic amines is 1. The summed E-state index contributed by atoms with van der Waals surface area (Å²) in [5, 5.41) is 13.3. The van der Waals surface area contributed by atoms with Crippen LogP contribution in [0.5, 0.6) is 17.2 Å². The van der Waals surface area contributed by atoms with E-state index in [1.165, 1.54) is 0 Å². The Hall–Kier alpha value is -3.32. The molecule has 229 valence electrons. The van der Waals surface area contributed by atoms with Gasteiger partial charge in [0.05, 0.1) is 18.8 Å². The topological polar surface area (TPSA) is 132 Å². The molecule has 2 aromatic heterocycles. The Bertz CT molecular complexity index is 1840. The molecule has 1 radical (unpaired) electrons. The second-order valence-electron chi connectivity index (χ2n) is 11.1. The quantitative estimate of drug-likeness (QED) is 0.175. The van der Waals surface area contributed by atoms with Gasteiger partial charge in [-0.25, -0.2) is 9.78 Å². The normalized spacial score (nSPS) is 11.2. The summed E-state index contributed by atoms with van der Waals surface area (Å²) in [6, 6.07) is 22.5. The van der Waals surface area contributed by atoms with Gasteiger partial charge in [-0.05, 0) is 67.6 Å². The molecule has 11 heteroatoms. The Balaban J connectivity index is 0.00000461. The molecular weight excluding hydrogens is 599 g/mol. The second-order valence-corrected chi connectivity index (χ2v) is 11.1. The van der Waals surface area contributed by atoms with E-state index in [0.717, 1.165) is 28.7 Å². The molecule has 0 saturated carbocycles. The third kappa shape index (κ3) is 8.29. The van der Waals surface area contributed by atoms with Crippen LogP contribution in [0.4, 0.5) is 0 Å². The predicted octanol–water partition coefficient (Wildman–Crippen LogP) is 5.38. The molecule has 10 nitrogen and oxygen atoms in total. The number of ether oxygens (including phenoxy) is 2. The average molecular weight is 636 g/mol. The maximum absolute atomic E-state index is 13.9. The van der Waals surface area contributed by atoms with Gasteiger partial charge in [-0.15, -0.1) is 0 Å². The van der Waals surface area contributed by atoms with Gasteiger partial charge >= 0.3 is 5.76 Å². The van der Waals surface area contributed by atoms with Crippen LogP contribution in [0.15, 0.2) is 86.9 Å². The van der Waals surface area contributed by atoms with Crippen molar-refractivity contribution in [1.82, 2.24) is 19.7 Å². The molecular formula is C34H36KN4O6. The molecule has 0 aliphatic heterocycles. The first-order chi connectivity index (χ1) is 21.2. The molecule has 0 bridgehead atoms. The summed E-state index contributed by atoms with van der Waals surface area (Å²) in [5.41, 5.74) is 3.11. The van der Waals surface area contributed by atoms with Gasteiger partial charge < -0.3 is 14.6 Å². The minimum atomic E-state index is -0.719. The maximum atomic E-state index is 13.9. The van der Waals surface area contributed by atoms with Crippen molar-refractivity contribution in [3.63, 3.8) is 0 Å². The fourth-order valence-corrected chi connectivity index (χ4v) is 4.85. The van der Waals surface area contributed by atoms with Gasteiger partial charge in [0.15, 0.2) is 5.82 Å². The first-order valence-electron chi connectivity index (χ1n) is 14.7. The molecule has 0 fully saturated rings. The van der Waals surface area contributed by atoms with Crippen molar-refractivity contribution >= 4 is 51.4 Å². The van der Waals surface area contributed by atoms with Crippen molar-refractivity contribution in [3.8, 4) is 39.8 Å². The number of aliphatic hydroxyl groups excluding tert-OH is 1. The zero-order valence-electron chi connectivity index (χ0n) is 26.3. The van der Waals surface area contributed by atoms with Crippen molar-refractivity contribution in [2.24, 2.45) is 0 Å². The summed E-state index contributed by atoms with van der Waals surface area (Å²) in [7, 11) is 0. The number of nitrogens with zero attached hydrogens (tertiary/aromatic N) is 3. The molecule has 2 N–H and O–H groups in total. The first kappa shape index (κ1) is 34.5. The molecule has 0 saturated heterocycles. The van der Waals surface area contributed by atoms with Crippen LogP contribution in [0.2, 0.25) is 0 Å². The Morgan fingerprint density at radius 3 is 2.20 bits per heavy atom. The molecule has 0 aliphatic rings. The third-order valence-corrected chi connectivity index (χ3v) is 7.13. The SMILES string of the molecule is CCCc1nc(CC)c(Oc2ccc(OC(C)(C)CO)cc2)c(=O)n1Cc1ccc(-c2ccccc2-c2noc(=O)[nH]2)cc1.[K]. The number of aryl methyl sites for hydroxylation is 2. The number of H-pyrrole nitrogens is 1. The summed E-state index contributed by atoms with van der Waals surface area (Å²) >= 11 is 0. The first-order valence-corrected chi connectivity index (χ1v) is 14.7. The Kier molecular flexibility index (Phi) is 11.8. The summed E-state index contributed by atoms with van der Waals surface area (Å²) in [6.07, 6.45) is 2.02. The fourth-order valence-electron chi connectivity index (χ4n) is 4.85. The second kappa shape index (κ2) is 15.3. The summed E-state index contributed by atoms with van der Waals surface area (Å²) < 4.78 is 18.3. The largest absolute Gasteiger partial charge is 0.485 e. The van der Waals surface area contributed by atoms with Crippen molar-refractivity contribution in [1.29, 1.82) is 0 Å². The third-order valence-electron chi connectivity index (χ3n) is 7.13. The zero-order valence-corrected chi connectivity index (χ0v) is 29.4. The van der Waals surface area contributed by atoms with E-state index in [9.17, 15) is 14.7 Å². The van der Waals surface area contributed by atoms with Gasteiger partial charge in [-0.2, -0.15) is 0 Å². The summed E-state index contributed by atoms with van der Waals surface area (Å²) in [4.78, 5) is 32.9. The van der Waals surface area contributed by atoms with Gasteiger partial charge in [0, 0.05) is 63.4 Å². The van der Waals surface area contributed by atoms with E-state index in [1.807, 2.05) is 55.5 Å². The maximum Gasteiger partial charge on any atom is 0.439 e. The van der Waals surface area contributed by atoms with Crippen LogP contribution in [0, 0.1) is 0 Å². The Morgan fingerprint density at radius 1 is 0.933 bits per heavy atom. The minimum Gasteiger partial charge on any atom is -0.485 e. The van der Waals surface area contributed by atoms with E-state index in [0.29, 0.717) is 48.2 Å². The summed E-state index contributed by atoms with van der Waals surface area (Å²) in [6.45, 7) is 7.80. The number of rotatable bonds is 12. The van der Waals surface area contributed by atoms with Gasteiger partial charge in [-0.3, -0.25) is 18.9 Å². The van der Waals surface area contributed by atoms with E-state index in [1.54, 1.807) is 42.7 Å². The smallest absolute Gasteiger partial charge is 0.439 e. The minimum absolute atomic E-state index is 0. The van der Waals surface area contributed by atoms with Crippen LogP contribution in [-0.4, -0.2) is 88.4 Å². The molecule has 0 atom stereocenters. The molecule has 5 aromatic rings. The standard InChI is InChI=1S/C34H36N4O6.K/c1-5-9-29-35-28(6-2)30(42-24-16-18-25(19-17-24)43-34(3,4)21-39)32(40)38(29)20-22-12-14-23(15-13-22)26-10-7-8-11-27(26)31-36-33(41)44-37-31;/h7-8,10-19,39H,5-6,9,20-21H2,1-4H3,(H,36,37,41);. The van der Waals surface area contributed by atoms with Crippen molar-refractivity contribution in [2.45, 2.75) is 59.1 Å². The zero-order chi connectivity index (χ0) is 31.3. The Labute approximate surface area is 303 Å². The van der Waals surface area contributed by atoms with E-state index in [4.69, 9.17) is 19.0 Å². The van der Waals surface area contributed by atoms with Crippen molar-refractivity contribution < 1.29 is 19.1 Å². The van der Waals surface area contributed by atoms with Crippen molar-refractivity contribution in [2.75, 3.05) is 6.61 Å². The van der Waals surface area contributed by atoms with Gasteiger partial charge in [-0.1, -0.05) is 67.5 Å². The van der Waals surface area contributed by atoms with Gasteiger partial charge in [0.2, 0.25) is 5.75 Å². The molecule has 0 unspecified atom stereocenters. The van der Waals surface area contributed by atoms with Crippen LogP contribution < -0.4 is 20.8 Å². The van der Waals surface area contributed by atoms with Crippen LogP contribution in [0.3, 0.4) is 0 Å². The number of aromatic nitrogens is 4. The number of benzene rings is 3. The Morgan fingerprint density at radius 2 is 1.60 bits per heavy atom. The van der Waals surface area contributed by atoms with E-state index in [-0.39, 0.29) is 69.3 Å². The number of hydrogen-bond acceptors (Lipinski definition) is 8. The van der Waals surface area contributed by atoms with E-state index >= 15 is 0 Å². The molecule has 0 aliphatic carbocycles. The van der Waals surface area contributed by atoms with Crippen molar-refractivity contribution in [3.05, 3.63) is 111 Å². The van der Waals surface area contributed by atoms with Gasteiger partial charge in [0.1, 0.15) is 22.9 Å². The van der Waals surface area contributed by atoms with Crippen LogP contribution in [0.25, 0.3) is 22.5 Å². The molecule has 0 amide bonds. The molecule has 45 heavy (non-hydrogen) atoms. The molecule has 3 aromatic carbocycles. The molecule has 2 heterocycles. The molecule has 5 rings (SSSR count). The number of hydrogen-bond donors (Lipinski definition) is 2. The monoisotopic (exact) mass is 635 g/mol. The van der Waals surface area contributed by atoms with Crippen LogP contribution >= 0.6 is 0 Å². The predicted molar refractivity (Wildman–Crippen MR) is 173 cm³/mol. The van der Waals surface area contributed by atoms with E-state index < -0.39 is 11.4 Å².